The summed E-state index contributed by atoms with van der Waals surface area (Å²) in [5.41, 5.74) is -0.111. The van der Waals surface area contributed by atoms with E-state index in [-0.39, 0.29) is 11.6 Å². The number of pyridine rings is 1. The molecule has 1 heterocycles. The average molecular weight is 260 g/mol. The van der Waals surface area contributed by atoms with Crippen LogP contribution in [0.5, 0.6) is 5.88 Å². The molecule has 5 nitrogen and oxygen atoms in total. The molecular weight excluding hydrogens is 240 g/mol. The minimum atomic E-state index is -0.518. The third-order valence-corrected chi connectivity index (χ3v) is 2.06. The van der Waals surface area contributed by atoms with Crippen LogP contribution in [0, 0.1) is 10.1 Å². The van der Waals surface area contributed by atoms with E-state index in [0.29, 0.717) is 5.03 Å². The van der Waals surface area contributed by atoms with Crippen LogP contribution in [-0.4, -0.2) is 23.3 Å². The SMILES string of the molecule is CC.CC.COc1nc(SC)ccc1[N+](=O)[O-]. The lowest BCUT2D eigenvalue weighted by Gasteiger charge is -2.01. The Hall–Kier alpha value is -1.30. The third kappa shape index (κ3) is 6.11. The maximum Gasteiger partial charge on any atom is 0.331 e. The van der Waals surface area contributed by atoms with Crippen molar-refractivity contribution < 1.29 is 9.66 Å². The quantitative estimate of drug-likeness (QED) is 0.470. The van der Waals surface area contributed by atoms with E-state index in [9.17, 15) is 10.1 Å². The molecule has 0 saturated carbocycles. The summed E-state index contributed by atoms with van der Waals surface area (Å²) in [4.78, 5) is 13.9. The van der Waals surface area contributed by atoms with Gasteiger partial charge in [0.15, 0.2) is 0 Å². The number of nitrogens with zero attached hydrogens (tertiary/aromatic N) is 2. The summed E-state index contributed by atoms with van der Waals surface area (Å²) >= 11 is 1.41. The molecule has 0 fully saturated rings. The molecule has 1 rings (SSSR count). The first-order chi connectivity index (χ1) is 8.19. The van der Waals surface area contributed by atoms with Gasteiger partial charge in [0, 0.05) is 6.07 Å². The van der Waals surface area contributed by atoms with Crippen LogP contribution in [0.4, 0.5) is 5.69 Å². The number of thioether (sulfide) groups is 1. The van der Waals surface area contributed by atoms with Gasteiger partial charge >= 0.3 is 5.69 Å². The zero-order valence-electron chi connectivity index (χ0n) is 11.2. The van der Waals surface area contributed by atoms with Gasteiger partial charge in [-0.05, 0) is 12.3 Å². The van der Waals surface area contributed by atoms with Crippen LogP contribution in [0.1, 0.15) is 27.7 Å². The van der Waals surface area contributed by atoms with E-state index in [0.717, 1.165) is 0 Å². The van der Waals surface area contributed by atoms with E-state index in [4.69, 9.17) is 4.74 Å². The fourth-order valence-electron chi connectivity index (χ4n) is 0.819. The zero-order valence-corrected chi connectivity index (χ0v) is 12.0. The largest absolute Gasteiger partial charge is 0.476 e. The maximum atomic E-state index is 10.5. The summed E-state index contributed by atoms with van der Waals surface area (Å²) in [6, 6.07) is 2.98. The molecule has 0 radical (unpaired) electrons. The molecule has 1 aromatic rings. The van der Waals surface area contributed by atoms with Crippen molar-refractivity contribution in [2.45, 2.75) is 32.7 Å². The molecule has 0 unspecified atom stereocenters. The molecule has 1 aromatic heterocycles. The van der Waals surface area contributed by atoms with Crippen molar-refractivity contribution in [1.29, 1.82) is 0 Å². The highest BCUT2D eigenvalue weighted by Crippen LogP contribution is 2.26. The number of ether oxygens (including phenoxy) is 1. The van der Waals surface area contributed by atoms with Crippen molar-refractivity contribution in [3.8, 4) is 5.88 Å². The fourth-order valence-corrected chi connectivity index (χ4v) is 1.20. The molecule has 6 heteroatoms. The van der Waals surface area contributed by atoms with Gasteiger partial charge in [-0.1, -0.05) is 27.7 Å². The molecule has 98 valence electrons. The van der Waals surface area contributed by atoms with Crippen LogP contribution in [-0.2, 0) is 0 Å². The van der Waals surface area contributed by atoms with Crippen LogP contribution in [0.15, 0.2) is 17.2 Å². The summed E-state index contributed by atoms with van der Waals surface area (Å²) in [5, 5.41) is 11.2. The molecule has 0 bridgehead atoms. The second-order valence-corrected chi connectivity index (χ2v) is 2.97. The number of nitro groups is 1. The Morgan fingerprint density at radius 3 is 2.18 bits per heavy atom. The van der Waals surface area contributed by atoms with E-state index < -0.39 is 4.92 Å². The summed E-state index contributed by atoms with van der Waals surface area (Å²) in [7, 11) is 1.36. The molecular formula is C11H20N2O3S. The van der Waals surface area contributed by atoms with Crippen LogP contribution in [0.25, 0.3) is 0 Å². The Bertz CT molecular complexity index is 332. The molecule has 17 heavy (non-hydrogen) atoms. The van der Waals surface area contributed by atoms with Crippen molar-refractivity contribution >= 4 is 17.4 Å². The fraction of sp³-hybridized carbons (Fsp3) is 0.545. The Morgan fingerprint density at radius 2 is 1.82 bits per heavy atom. The molecule has 0 N–H and O–H groups in total. The monoisotopic (exact) mass is 260 g/mol. The van der Waals surface area contributed by atoms with E-state index in [1.807, 2.05) is 34.0 Å². The second kappa shape index (κ2) is 11.2. The van der Waals surface area contributed by atoms with Gasteiger partial charge in [-0.2, -0.15) is 0 Å². The smallest absolute Gasteiger partial charge is 0.331 e. The average Bonchev–Trinajstić information content (AvgIpc) is 2.42. The summed E-state index contributed by atoms with van der Waals surface area (Å²) < 4.78 is 4.78. The molecule has 0 aromatic carbocycles. The van der Waals surface area contributed by atoms with E-state index in [1.54, 1.807) is 6.07 Å². The number of hydrogen-bond acceptors (Lipinski definition) is 5. The van der Waals surface area contributed by atoms with Gasteiger partial charge in [0.05, 0.1) is 12.0 Å². The van der Waals surface area contributed by atoms with Gasteiger partial charge in [-0.15, -0.1) is 11.8 Å². The standard InChI is InChI=1S/C7H8N2O3S.2C2H6/c1-12-7-5(9(10)11)3-4-6(8-7)13-2;2*1-2/h3-4H,1-2H3;2*1-2H3. The molecule has 0 aliphatic rings. The highest BCUT2D eigenvalue weighted by Gasteiger charge is 2.15. The van der Waals surface area contributed by atoms with Gasteiger partial charge < -0.3 is 4.74 Å². The first kappa shape index (κ1) is 18.1. The molecule has 0 amide bonds. The second-order valence-electron chi connectivity index (χ2n) is 2.14. The molecule has 0 spiro atoms. The van der Waals surface area contributed by atoms with Gasteiger partial charge in [-0.25, -0.2) is 4.98 Å². The number of aromatic nitrogens is 1. The van der Waals surface area contributed by atoms with Crippen molar-refractivity contribution in [2.75, 3.05) is 13.4 Å². The van der Waals surface area contributed by atoms with Gasteiger partial charge in [-0.3, -0.25) is 10.1 Å². The highest BCUT2D eigenvalue weighted by atomic mass is 32.2. The molecule has 0 atom stereocenters. The third-order valence-electron chi connectivity index (χ3n) is 1.41. The topological polar surface area (TPSA) is 65.3 Å². The predicted molar refractivity (Wildman–Crippen MR) is 71.9 cm³/mol. The minimum Gasteiger partial charge on any atom is -0.476 e. The molecule has 0 saturated heterocycles. The lowest BCUT2D eigenvalue weighted by atomic mass is 10.4. The van der Waals surface area contributed by atoms with Gasteiger partial charge in [0.2, 0.25) is 0 Å². The normalized spacial score (nSPS) is 8.12. The summed E-state index contributed by atoms with van der Waals surface area (Å²) in [6.45, 7) is 8.00. The summed E-state index contributed by atoms with van der Waals surface area (Å²) in [5.74, 6) is 0.0526. The first-order valence-electron chi connectivity index (χ1n) is 5.42. The Kier molecular flexibility index (Phi) is 11.9. The van der Waals surface area contributed by atoms with Crippen molar-refractivity contribution in [1.82, 2.24) is 4.98 Å². The number of hydrogen-bond donors (Lipinski definition) is 0. The van der Waals surface area contributed by atoms with Gasteiger partial charge in [0.25, 0.3) is 5.88 Å². The van der Waals surface area contributed by atoms with Crippen LogP contribution >= 0.6 is 11.8 Å². The Labute approximate surface area is 107 Å². The number of rotatable bonds is 3. The number of methoxy groups -OCH3 is 1. The van der Waals surface area contributed by atoms with Crippen LogP contribution < -0.4 is 4.74 Å². The molecule has 0 aliphatic carbocycles. The van der Waals surface area contributed by atoms with Crippen molar-refractivity contribution in [3.05, 3.63) is 22.2 Å². The predicted octanol–water partition coefficient (Wildman–Crippen LogP) is 3.77. The zero-order chi connectivity index (χ0) is 13.8. The van der Waals surface area contributed by atoms with Gasteiger partial charge in [0.1, 0.15) is 5.03 Å². The van der Waals surface area contributed by atoms with Crippen LogP contribution in [0.3, 0.4) is 0 Å². The highest BCUT2D eigenvalue weighted by molar-refractivity contribution is 7.98. The Balaban J connectivity index is 0. The van der Waals surface area contributed by atoms with E-state index >= 15 is 0 Å². The maximum absolute atomic E-state index is 10.5. The lowest BCUT2D eigenvalue weighted by molar-refractivity contribution is -0.386. The van der Waals surface area contributed by atoms with Crippen molar-refractivity contribution in [3.63, 3.8) is 0 Å². The molecule has 0 aliphatic heterocycles. The van der Waals surface area contributed by atoms with Crippen molar-refractivity contribution in [2.24, 2.45) is 0 Å². The summed E-state index contributed by atoms with van der Waals surface area (Å²) in [6.07, 6.45) is 1.84. The Morgan fingerprint density at radius 1 is 1.29 bits per heavy atom. The minimum absolute atomic E-state index is 0.0526. The van der Waals surface area contributed by atoms with Crippen LogP contribution in [0.2, 0.25) is 0 Å². The van der Waals surface area contributed by atoms with E-state index in [1.165, 1.54) is 24.9 Å². The first-order valence-corrected chi connectivity index (χ1v) is 6.65. The van der Waals surface area contributed by atoms with E-state index in [2.05, 4.69) is 4.98 Å². The lowest BCUT2D eigenvalue weighted by Crippen LogP contribution is -1.96.